The summed E-state index contributed by atoms with van der Waals surface area (Å²) in [6.07, 6.45) is -4.47. The van der Waals surface area contributed by atoms with Gasteiger partial charge in [-0.2, -0.15) is 0 Å². The van der Waals surface area contributed by atoms with Crippen LogP contribution in [-0.4, -0.2) is 61.1 Å². The van der Waals surface area contributed by atoms with E-state index in [1.54, 1.807) is 18.2 Å². The number of carbonyl (C=O) groups is 4. The Bertz CT molecular complexity index is 825. The van der Waals surface area contributed by atoms with Crippen LogP contribution in [0, 0.1) is 6.92 Å². The summed E-state index contributed by atoms with van der Waals surface area (Å²) in [5, 5.41) is 2.65. The van der Waals surface area contributed by atoms with Crippen molar-refractivity contribution in [2.75, 3.05) is 6.61 Å². The third-order valence-electron chi connectivity index (χ3n) is 4.31. The van der Waals surface area contributed by atoms with E-state index in [0.717, 1.165) is 5.56 Å². The summed E-state index contributed by atoms with van der Waals surface area (Å²) in [7, 11) is 0. The molecule has 2 rings (SSSR count). The van der Waals surface area contributed by atoms with Gasteiger partial charge in [-0.3, -0.25) is 19.2 Å². The summed E-state index contributed by atoms with van der Waals surface area (Å²) in [4.78, 5) is 46.8. The molecule has 0 aromatic heterocycles. The SMILES string of the molecule is CC(=O)N[C@@H]1[C@H](Oc2cccc(C)c2)O[C@H](COC(C)=O)[C@@H](OC(C)=O)[C@H]1OC(C)=O. The molecular weight excluding hydrogens is 410 g/mol. The lowest BCUT2D eigenvalue weighted by atomic mass is 9.96. The third-order valence-corrected chi connectivity index (χ3v) is 4.31. The van der Waals surface area contributed by atoms with E-state index < -0.39 is 54.5 Å². The van der Waals surface area contributed by atoms with E-state index in [9.17, 15) is 19.2 Å². The summed E-state index contributed by atoms with van der Waals surface area (Å²) in [5.41, 5.74) is 0.926. The minimum absolute atomic E-state index is 0.286. The molecule has 5 atom stereocenters. The average Bonchev–Trinajstić information content (AvgIpc) is 2.64. The zero-order valence-electron chi connectivity index (χ0n) is 18.1. The molecule has 1 N–H and O–H groups in total. The Kier molecular flexibility index (Phi) is 8.38. The zero-order chi connectivity index (χ0) is 23.1. The smallest absolute Gasteiger partial charge is 0.303 e. The molecule has 0 radical (unpaired) electrons. The molecule has 1 fully saturated rings. The molecule has 1 aromatic rings. The lowest BCUT2D eigenvalue weighted by Crippen LogP contribution is -2.67. The first-order chi connectivity index (χ1) is 14.6. The molecule has 0 spiro atoms. The fourth-order valence-corrected chi connectivity index (χ4v) is 3.21. The van der Waals surface area contributed by atoms with Crippen LogP contribution >= 0.6 is 0 Å². The van der Waals surface area contributed by atoms with E-state index in [0.29, 0.717) is 5.75 Å². The molecule has 170 valence electrons. The minimum Gasteiger partial charge on any atom is -0.463 e. The number of esters is 3. The van der Waals surface area contributed by atoms with Gasteiger partial charge in [-0.15, -0.1) is 0 Å². The number of aryl methyl sites for hydroxylation is 1. The topological polar surface area (TPSA) is 126 Å². The largest absolute Gasteiger partial charge is 0.463 e. The van der Waals surface area contributed by atoms with Crippen LogP contribution < -0.4 is 10.1 Å². The molecule has 1 heterocycles. The summed E-state index contributed by atoms with van der Waals surface area (Å²) in [5.74, 6) is -1.91. The van der Waals surface area contributed by atoms with Gasteiger partial charge in [0.15, 0.2) is 12.2 Å². The molecule has 10 heteroatoms. The van der Waals surface area contributed by atoms with Crippen LogP contribution in [0.3, 0.4) is 0 Å². The lowest BCUT2D eigenvalue weighted by Gasteiger charge is -2.44. The van der Waals surface area contributed by atoms with Crippen LogP contribution in [0.1, 0.15) is 33.3 Å². The van der Waals surface area contributed by atoms with Crippen LogP contribution in [0.25, 0.3) is 0 Å². The van der Waals surface area contributed by atoms with E-state index in [1.165, 1.54) is 27.7 Å². The first kappa shape index (κ1) is 24.1. The number of carbonyl (C=O) groups excluding carboxylic acids is 4. The van der Waals surface area contributed by atoms with E-state index in [-0.39, 0.29) is 6.61 Å². The van der Waals surface area contributed by atoms with Crippen molar-refractivity contribution in [1.82, 2.24) is 5.32 Å². The van der Waals surface area contributed by atoms with Crippen LogP contribution in [0.4, 0.5) is 0 Å². The predicted octanol–water partition coefficient (Wildman–Crippen LogP) is 1.03. The predicted molar refractivity (Wildman–Crippen MR) is 106 cm³/mol. The second kappa shape index (κ2) is 10.8. The van der Waals surface area contributed by atoms with Crippen molar-refractivity contribution < 1.29 is 42.9 Å². The van der Waals surface area contributed by atoms with Crippen molar-refractivity contribution in [2.24, 2.45) is 0 Å². The monoisotopic (exact) mass is 437 g/mol. The molecule has 10 nitrogen and oxygen atoms in total. The highest BCUT2D eigenvalue weighted by atomic mass is 16.7. The van der Waals surface area contributed by atoms with E-state index in [2.05, 4.69) is 5.32 Å². The number of ether oxygens (including phenoxy) is 5. The highest BCUT2D eigenvalue weighted by molar-refractivity contribution is 5.73. The lowest BCUT2D eigenvalue weighted by molar-refractivity contribution is -0.257. The maximum absolute atomic E-state index is 11.9. The number of hydrogen-bond acceptors (Lipinski definition) is 9. The maximum atomic E-state index is 11.9. The Morgan fingerprint density at radius 2 is 1.61 bits per heavy atom. The van der Waals surface area contributed by atoms with Gasteiger partial charge < -0.3 is 29.0 Å². The van der Waals surface area contributed by atoms with Crippen molar-refractivity contribution in [2.45, 2.75) is 65.3 Å². The first-order valence-corrected chi connectivity index (χ1v) is 9.70. The Balaban J connectivity index is 2.44. The van der Waals surface area contributed by atoms with Crippen LogP contribution in [0.15, 0.2) is 24.3 Å². The van der Waals surface area contributed by atoms with Gasteiger partial charge in [-0.25, -0.2) is 0 Å². The van der Waals surface area contributed by atoms with Gasteiger partial charge in [-0.1, -0.05) is 12.1 Å². The average molecular weight is 437 g/mol. The molecule has 0 bridgehead atoms. The van der Waals surface area contributed by atoms with Crippen LogP contribution in [0.5, 0.6) is 5.75 Å². The summed E-state index contributed by atoms with van der Waals surface area (Å²) >= 11 is 0. The van der Waals surface area contributed by atoms with Gasteiger partial charge >= 0.3 is 17.9 Å². The summed E-state index contributed by atoms with van der Waals surface area (Å²) in [6, 6.07) is 6.10. The molecule has 31 heavy (non-hydrogen) atoms. The van der Waals surface area contributed by atoms with Gasteiger partial charge in [0.2, 0.25) is 12.2 Å². The van der Waals surface area contributed by atoms with Crippen molar-refractivity contribution in [3.05, 3.63) is 29.8 Å². The maximum Gasteiger partial charge on any atom is 0.303 e. The molecule has 0 unspecified atom stereocenters. The van der Waals surface area contributed by atoms with Crippen molar-refractivity contribution in [1.29, 1.82) is 0 Å². The second-order valence-electron chi connectivity index (χ2n) is 7.15. The van der Waals surface area contributed by atoms with Gasteiger partial charge in [0, 0.05) is 27.7 Å². The number of hydrogen-bond donors (Lipinski definition) is 1. The molecule has 1 saturated heterocycles. The Morgan fingerprint density at radius 3 is 2.16 bits per heavy atom. The molecule has 0 saturated carbocycles. The van der Waals surface area contributed by atoms with Crippen molar-refractivity contribution >= 4 is 23.8 Å². The first-order valence-electron chi connectivity index (χ1n) is 9.70. The summed E-state index contributed by atoms with van der Waals surface area (Å²) < 4.78 is 27.7. The number of rotatable bonds is 7. The zero-order valence-corrected chi connectivity index (χ0v) is 18.1. The Hall–Kier alpha value is -3.14. The number of amides is 1. The van der Waals surface area contributed by atoms with E-state index in [1.807, 2.05) is 13.0 Å². The third kappa shape index (κ3) is 7.25. The number of benzene rings is 1. The highest BCUT2D eigenvalue weighted by Crippen LogP contribution is 2.29. The normalized spacial score (nSPS) is 25.1. The van der Waals surface area contributed by atoms with E-state index >= 15 is 0 Å². The number of nitrogens with one attached hydrogen (secondary N) is 1. The molecule has 1 aromatic carbocycles. The summed E-state index contributed by atoms with van der Waals surface area (Å²) in [6.45, 7) is 6.45. The Labute approximate surface area is 180 Å². The van der Waals surface area contributed by atoms with Gasteiger partial charge in [0.05, 0.1) is 0 Å². The molecule has 1 amide bonds. The van der Waals surface area contributed by atoms with Crippen molar-refractivity contribution in [3.63, 3.8) is 0 Å². The molecular formula is C21H27NO9. The van der Waals surface area contributed by atoms with Gasteiger partial charge in [0.25, 0.3) is 0 Å². The van der Waals surface area contributed by atoms with E-state index in [4.69, 9.17) is 23.7 Å². The molecule has 1 aliphatic rings. The van der Waals surface area contributed by atoms with Crippen molar-refractivity contribution in [3.8, 4) is 5.75 Å². The quantitative estimate of drug-likeness (QED) is 0.491. The second-order valence-corrected chi connectivity index (χ2v) is 7.15. The molecule has 0 aliphatic carbocycles. The standard InChI is InChI=1S/C21H27NO9/c1-11-7-6-8-16(9-11)30-21-18(22-12(2)23)20(29-15(5)26)19(28-14(4)25)17(31-21)10-27-13(3)24/h6-9,17-21H,10H2,1-5H3,(H,22,23)/t17-,18+,19-,20+,21-/m1/s1. The van der Waals surface area contributed by atoms with Crippen LogP contribution in [-0.2, 0) is 38.1 Å². The van der Waals surface area contributed by atoms with Crippen LogP contribution in [0.2, 0.25) is 0 Å². The molecule has 1 aliphatic heterocycles. The highest BCUT2D eigenvalue weighted by Gasteiger charge is 2.51. The van der Waals surface area contributed by atoms with Gasteiger partial charge in [-0.05, 0) is 24.6 Å². The van der Waals surface area contributed by atoms with Gasteiger partial charge in [0.1, 0.15) is 24.5 Å². The fraction of sp³-hybridized carbons (Fsp3) is 0.524. The Morgan fingerprint density at radius 1 is 0.968 bits per heavy atom. The fourth-order valence-electron chi connectivity index (χ4n) is 3.21. The minimum atomic E-state index is -1.16.